The van der Waals surface area contributed by atoms with Gasteiger partial charge in [0.1, 0.15) is 6.04 Å². The van der Waals surface area contributed by atoms with Crippen molar-refractivity contribution in [2.45, 2.75) is 58.1 Å². The molecule has 2 aromatic rings. The van der Waals surface area contributed by atoms with Crippen molar-refractivity contribution >= 4 is 5.78 Å². The molecule has 1 saturated heterocycles. The normalized spacial score (nSPS) is 27.5. The highest BCUT2D eigenvalue weighted by atomic mass is 16.5. The molecule has 0 bridgehead atoms. The van der Waals surface area contributed by atoms with Crippen LogP contribution in [0.4, 0.5) is 0 Å². The summed E-state index contributed by atoms with van der Waals surface area (Å²) in [5, 5.41) is 4.25. The lowest BCUT2D eigenvalue weighted by molar-refractivity contribution is 0.0193. The highest BCUT2D eigenvalue weighted by Crippen LogP contribution is 2.40. The van der Waals surface area contributed by atoms with Gasteiger partial charge >= 0.3 is 0 Å². The molecule has 3 atom stereocenters. The number of rotatable bonds is 2. The van der Waals surface area contributed by atoms with Crippen molar-refractivity contribution in [2.24, 2.45) is 5.41 Å². The monoisotopic (exact) mass is 329 g/mol. The Morgan fingerprint density at radius 1 is 1.29 bits per heavy atom. The van der Waals surface area contributed by atoms with Gasteiger partial charge in [0.2, 0.25) is 5.89 Å². The summed E-state index contributed by atoms with van der Waals surface area (Å²) < 4.78 is 13.5. The van der Waals surface area contributed by atoms with Crippen molar-refractivity contribution in [2.75, 3.05) is 6.61 Å². The number of aromatic nitrogens is 3. The highest BCUT2D eigenvalue weighted by molar-refractivity contribution is 5.95. The van der Waals surface area contributed by atoms with Crippen molar-refractivity contribution in [3.8, 4) is 0 Å². The maximum Gasteiger partial charge on any atom is 0.249 e. The predicted molar refractivity (Wildman–Crippen MR) is 87.0 cm³/mol. The van der Waals surface area contributed by atoms with Gasteiger partial charge in [0.25, 0.3) is 0 Å². The molecular formula is C18H23N3O3. The van der Waals surface area contributed by atoms with Crippen LogP contribution in [0.5, 0.6) is 0 Å². The first kappa shape index (κ1) is 15.6. The lowest BCUT2D eigenvalue weighted by Crippen LogP contribution is -2.30. The van der Waals surface area contributed by atoms with E-state index in [0.29, 0.717) is 18.7 Å². The smallest absolute Gasteiger partial charge is 0.249 e. The molecule has 0 amide bonds. The Labute approximate surface area is 141 Å². The molecule has 0 aromatic carbocycles. The van der Waals surface area contributed by atoms with E-state index in [4.69, 9.17) is 14.2 Å². The molecule has 0 spiro atoms. The number of hydrogen-bond donors (Lipinski definition) is 0. The van der Waals surface area contributed by atoms with Crippen molar-refractivity contribution < 1.29 is 14.1 Å². The third kappa shape index (κ3) is 2.49. The average Bonchev–Trinajstić information content (AvgIpc) is 3.26. The van der Waals surface area contributed by atoms with Crippen LogP contribution in [-0.2, 0) is 4.74 Å². The molecule has 6 nitrogen and oxygen atoms in total. The number of ether oxygens (including phenoxy) is 1. The van der Waals surface area contributed by atoms with Gasteiger partial charge in [-0.3, -0.25) is 4.79 Å². The average molecular weight is 329 g/mol. The van der Waals surface area contributed by atoms with E-state index in [-0.39, 0.29) is 29.3 Å². The third-order valence-corrected chi connectivity index (χ3v) is 5.06. The van der Waals surface area contributed by atoms with Crippen LogP contribution >= 0.6 is 0 Å². The predicted octanol–water partition coefficient (Wildman–Crippen LogP) is 3.36. The summed E-state index contributed by atoms with van der Waals surface area (Å²) in [5.41, 5.74) is 0.759. The zero-order chi connectivity index (χ0) is 16.9. The number of fused-ring (bicyclic) bond motifs is 1. The Balaban J connectivity index is 1.63. The largest absolute Gasteiger partial charge is 0.377 e. The van der Waals surface area contributed by atoms with E-state index >= 15 is 0 Å². The first-order valence-corrected chi connectivity index (χ1v) is 8.60. The van der Waals surface area contributed by atoms with Crippen LogP contribution in [0.3, 0.4) is 0 Å². The van der Waals surface area contributed by atoms with Crippen molar-refractivity contribution in [3.63, 3.8) is 0 Å². The summed E-state index contributed by atoms with van der Waals surface area (Å²) in [6.07, 6.45) is 4.14. The molecule has 0 aliphatic carbocycles. The maximum absolute atomic E-state index is 12.0. The van der Waals surface area contributed by atoms with Crippen LogP contribution in [-0.4, -0.2) is 33.2 Å². The molecule has 0 radical (unpaired) electrons. The molecule has 24 heavy (non-hydrogen) atoms. The van der Waals surface area contributed by atoms with Gasteiger partial charge in [-0.1, -0.05) is 25.9 Å². The van der Waals surface area contributed by atoms with Crippen LogP contribution in [0.2, 0.25) is 0 Å². The molecule has 2 aliphatic rings. The number of carbonyl (C=O) groups is 1. The van der Waals surface area contributed by atoms with E-state index in [0.717, 1.165) is 24.5 Å². The topological polar surface area (TPSA) is 70.2 Å². The lowest BCUT2D eigenvalue weighted by atomic mass is 9.81. The van der Waals surface area contributed by atoms with E-state index < -0.39 is 0 Å². The Morgan fingerprint density at radius 2 is 2.12 bits per heavy atom. The van der Waals surface area contributed by atoms with E-state index in [2.05, 4.69) is 25.9 Å². The molecule has 2 aromatic heterocycles. The minimum Gasteiger partial charge on any atom is -0.377 e. The SMILES string of the molecule is CC(C)(C)[C@@H]1OCC[C@H]1c1noc(C2CCC(=O)c3cccn32)n1. The molecule has 1 unspecified atom stereocenters. The first-order valence-electron chi connectivity index (χ1n) is 8.60. The third-order valence-electron chi connectivity index (χ3n) is 5.06. The Kier molecular flexibility index (Phi) is 3.60. The molecule has 4 rings (SSSR count). The number of carbonyl (C=O) groups excluding carboxylic acids is 1. The standard InChI is InChI=1S/C18H23N3O3/c1-18(2,3)15-11(8-10-23-15)16-19-17(24-20-16)13-6-7-14(22)12-5-4-9-21(12)13/h4-5,9,11,13,15H,6-8,10H2,1-3H3/t11-,13?,15-/m1/s1. The molecule has 0 saturated carbocycles. The summed E-state index contributed by atoms with van der Waals surface area (Å²) in [5.74, 6) is 1.66. The van der Waals surface area contributed by atoms with Gasteiger partial charge in [0, 0.05) is 19.2 Å². The quantitative estimate of drug-likeness (QED) is 0.845. The Morgan fingerprint density at radius 3 is 2.92 bits per heavy atom. The fraction of sp³-hybridized carbons (Fsp3) is 0.611. The van der Waals surface area contributed by atoms with Crippen LogP contribution in [0.15, 0.2) is 22.9 Å². The molecule has 4 heterocycles. The number of nitrogens with zero attached hydrogens (tertiary/aromatic N) is 3. The molecule has 6 heteroatoms. The summed E-state index contributed by atoms with van der Waals surface area (Å²) in [4.78, 5) is 16.7. The minimum absolute atomic E-state index is 0.0345. The molecular weight excluding hydrogens is 306 g/mol. The van der Waals surface area contributed by atoms with Crippen LogP contribution in [0.1, 0.15) is 74.2 Å². The number of hydrogen-bond acceptors (Lipinski definition) is 5. The van der Waals surface area contributed by atoms with E-state index in [1.807, 2.05) is 22.9 Å². The van der Waals surface area contributed by atoms with Crippen molar-refractivity contribution in [3.05, 3.63) is 35.7 Å². The van der Waals surface area contributed by atoms with Gasteiger partial charge < -0.3 is 13.8 Å². The Bertz CT molecular complexity index is 756. The zero-order valence-corrected chi connectivity index (χ0v) is 14.4. The molecule has 128 valence electrons. The Hall–Kier alpha value is -1.95. The molecule has 0 N–H and O–H groups in total. The summed E-state index contributed by atoms with van der Waals surface area (Å²) in [6.45, 7) is 7.26. The lowest BCUT2D eigenvalue weighted by Gasteiger charge is -2.29. The fourth-order valence-corrected chi connectivity index (χ4v) is 3.92. The van der Waals surface area contributed by atoms with Gasteiger partial charge in [-0.05, 0) is 30.4 Å². The second-order valence-corrected chi connectivity index (χ2v) is 7.82. The van der Waals surface area contributed by atoms with Crippen LogP contribution < -0.4 is 0 Å². The van der Waals surface area contributed by atoms with E-state index in [1.54, 1.807) is 0 Å². The first-order chi connectivity index (χ1) is 11.4. The van der Waals surface area contributed by atoms with Gasteiger partial charge in [-0.2, -0.15) is 4.98 Å². The number of ketones is 1. The van der Waals surface area contributed by atoms with Gasteiger partial charge in [0.15, 0.2) is 11.6 Å². The second-order valence-electron chi connectivity index (χ2n) is 7.82. The van der Waals surface area contributed by atoms with E-state index in [1.165, 1.54) is 0 Å². The second kappa shape index (κ2) is 5.55. The minimum atomic E-state index is -0.0515. The van der Waals surface area contributed by atoms with Gasteiger partial charge in [-0.25, -0.2) is 0 Å². The molecule has 2 aliphatic heterocycles. The zero-order valence-electron chi connectivity index (χ0n) is 14.4. The summed E-state index contributed by atoms with van der Waals surface area (Å²) in [6, 6.07) is 3.69. The van der Waals surface area contributed by atoms with E-state index in [9.17, 15) is 4.79 Å². The van der Waals surface area contributed by atoms with Crippen molar-refractivity contribution in [1.82, 2.24) is 14.7 Å². The fourth-order valence-electron chi connectivity index (χ4n) is 3.92. The van der Waals surface area contributed by atoms with Gasteiger partial charge in [-0.15, -0.1) is 0 Å². The van der Waals surface area contributed by atoms with Crippen LogP contribution in [0.25, 0.3) is 0 Å². The van der Waals surface area contributed by atoms with Crippen LogP contribution in [0, 0.1) is 5.41 Å². The summed E-state index contributed by atoms with van der Waals surface area (Å²) in [7, 11) is 0. The molecule has 1 fully saturated rings. The number of Topliss-reactive ketones (excluding diaryl/α,β-unsaturated/α-hetero) is 1. The highest BCUT2D eigenvalue weighted by Gasteiger charge is 2.41. The maximum atomic E-state index is 12.0. The summed E-state index contributed by atoms with van der Waals surface area (Å²) >= 11 is 0. The van der Waals surface area contributed by atoms with Crippen molar-refractivity contribution in [1.29, 1.82) is 0 Å². The van der Waals surface area contributed by atoms with Gasteiger partial charge in [0.05, 0.1) is 17.7 Å².